The molecule has 6 heteroatoms. The van der Waals surface area contributed by atoms with Crippen LogP contribution in [0.15, 0.2) is 83.4 Å². The van der Waals surface area contributed by atoms with Crippen LogP contribution in [0, 0.1) is 0 Å². The summed E-state index contributed by atoms with van der Waals surface area (Å²) < 4.78 is 5.28. The Morgan fingerprint density at radius 3 is 2.52 bits per heavy atom. The van der Waals surface area contributed by atoms with Gasteiger partial charge in [-0.25, -0.2) is 0 Å². The van der Waals surface area contributed by atoms with Crippen molar-refractivity contribution in [2.45, 2.75) is 6.42 Å². The Morgan fingerprint density at radius 1 is 0.931 bits per heavy atom. The van der Waals surface area contributed by atoms with Gasteiger partial charge in [0.2, 0.25) is 11.7 Å². The Morgan fingerprint density at radius 2 is 1.69 bits per heavy atom. The van der Waals surface area contributed by atoms with Crippen LogP contribution in [0.4, 0.5) is 0 Å². The standard InChI is InChI=1S/C23H18ClN3O2/c24-18-10-6-9-17(15-18)22-26-21(29-27-22)13-14-25-23(28)20-12-5-4-11-19(20)16-7-2-1-3-8-16/h1-12,15H,13-14H2,(H,25,28). The van der Waals surface area contributed by atoms with Gasteiger partial charge in [-0.05, 0) is 29.3 Å². The average Bonchev–Trinajstić information content (AvgIpc) is 3.23. The molecule has 0 aliphatic heterocycles. The van der Waals surface area contributed by atoms with E-state index in [1.165, 1.54) is 0 Å². The zero-order valence-corrected chi connectivity index (χ0v) is 16.3. The molecule has 0 saturated heterocycles. The van der Waals surface area contributed by atoms with E-state index in [-0.39, 0.29) is 5.91 Å². The number of hydrogen-bond donors (Lipinski definition) is 1. The first-order valence-electron chi connectivity index (χ1n) is 9.22. The van der Waals surface area contributed by atoms with Crippen molar-refractivity contribution in [3.05, 3.63) is 95.3 Å². The first-order valence-corrected chi connectivity index (χ1v) is 9.60. The summed E-state index contributed by atoms with van der Waals surface area (Å²) in [4.78, 5) is 17.1. The minimum Gasteiger partial charge on any atom is -0.352 e. The van der Waals surface area contributed by atoms with Crippen molar-refractivity contribution in [3.63, 3.8) is 0 Å². The van der Waals surface area contributed by atoms with Gasteiger partial charge in [-0.3, -0.25) is 4.79 Å². The molecule has 144 valence electrons. The summed E-state index contributed by atoms with van der Waals surface area (Å²) >= 11 is 6.00. The Kier molecular flexibility index (Phi) is 5.68. The lowest BCUT2D eigenvalue weighted by molar-refractivity contribution is 0.0954. The fourth-order valence-corrected chi connectivity index (χ4v) is 3.22. The third-order valence-corrected chi connectivity index (χ3v) is 4.67. The van der Waals surface area contributed by atoms with Gasteiger partial charge in [0.05, 0.1) is 0 Å². The maximum absolute atomic E-state index is 12.7. The summed E-state index contributed by atoms with van der Waals surface area (Å²) in [5, 5.41) is 7.52. The van der Waals surface area contributed by atoms with Crippen LogP contribution in [-0.2, 0) is 6.42 Å². The Bertz CT molecular complexity index is 1130. The maximum atomic E-state index is 12.7. The molecule has 0 aliphatic rings. The molecule has 0 unspecified atom stereocenters. The molecule has 0 spiro atoms. The molecule has 0 atom stereocenters. The lowest BCUT2D eigenvalue weighted by Gasteiger charge is -2.09. The zero-order chi connectivity index (χ0) is 20.1. The van der Waals surface area contributed by atoms with Crippen LogP contribution in [0.25, 0.3) is 22.5 Å². The van der Waals surface area contributed by atoms with Gasteiger partial charge in [0.25, 0.3) is 5.91 Å². The second-order valence-corrected chi connectivity index (χ2v) is 6.88. The molecule has 0 aliphatic carbocycles. The highest BCUT2D eigenvalue weighted by Crippen LogP contribution is 2.23. The molecule has 1 N–H and O–H groups in total. The van der Waals surface area contributed by atoms with Gasteiger partial charge in [-0.15, -0.1) is 0 Å². The Labute approximate surface area is 173 Å². The number of benzene rings is 3. The fourth-order valence-electron chi connectivity index (χ4n) is 3.03. The van der Waals surface area contributed by atoms with E-state index in [9.17, 15) is 4.79 Å². The van der Waals surface area contributed by atoms with Gasteiger partial charge in [0.15, 0.2) is 0 Å². The monoisotopic (exact) mass is 403 g/mol. The highest BCUT2D eigenvalue weighted by Gasteiger charge is 2.13. The summed E-state index contributed by atoms with van der Waals surface area (Å²) in [6, 6.07) is 24.6. The number of hydrogen-bond acceptors (Lipinski definition) is 4. The molecule has 4 aromatic rings. The number of aromatic nitrogens is 2. The lowest BCUT2D eigenvalue weighted by Crippen LogP contribution is -2.26. The van der Waals surface area contributed by atoms with E-state index in [0.29, 0.717) is 35.3 Å². The number of carbonyl (C=O) groups excluding carboxylic acids is 1. The quantitative estimate of drug-likeness (QED) is 0.490. The number of amides is 1. The van der Waals surface area contributed by atoms with E-state index >= 15 is 0 Å². The summed E-state index contributed by atoms with van der Waals surface area (Å²) in [5.74, 6) is 0.791. The zero-order valence-electron chi connectivity index (χ0n) is 15.5. The second-order valence-electron chi connectivity index (χ2n) is 6.44. The highest BCUT2D eigenvalue weighted by atomic mass is 35.5. The van der Waals surface area contributed by atoms with Gasteiger partial charge in [0.1, 0.15) is 0 Å². The van der Waals surface area contributed by atoms with E-state index < -0.39 is 0 Å². The minimum absolute atomic E-state index is 0.140. The van der Waals surface area contributed by atoms with Crippen LogP contribution in [-0.4, -0.2) is 22.6 Å². The predicted molar refractivity (Wildman–Crippen MR) is 113 cm³/mol. The van der Waals surface area contributed by atoms with E-state index in [2.05, 4.69) is 15.5 Å². The van der Waals surface area contributed by atoms with Gasteiger partial charge in [-0.1, -0.05) is 77.4 Å². The smallest absolute Gasteiger partial charge is 0.251 e. The third kappa shape index (κ3) is 4.52. The summed E-state index contributed by atoms with van der Waals surface area (Å²) in [6.45, 7) is 0.388. The lowest BCUT2D eigenvalue weighted by atomic mass is 9.99. The van der Waals surface area contributed by atoms with Gasteiger partial charge < -0.3 is 9.84 Å². The van der Waals surface area contributed by atoms with Gasteiger partial charge in [-0.2, -0.15) is 4.98 Å². The third-order valence-electron chi connectivity index (χ3n) is 4.43. The molecule has 4 rings (SSSR count). The molecular weight excluding hydrogens is 386 g/mol. The van der Waals surface area contributed by atoms with E-state index in [1.54, 1.807) is 12.1 Å². The molecule has 0 saturated carbocycles. The molecule has 0 fully saturated rings. The normalized spacial score (nSPS) is 10.7. The molecule has 5 nitrogen and oxygen atoms in total. The number of nitrogens with one attached hydrogen (secondary N) is 1. The number of carbonyl (C=O) groups is 1. The summed E-state index contributed by atoms with van der Waals surface area (Å²) in [6.07, 6.45) is 0.437. The van der Waals surface area contributed by atoms with Crippen molar-refractivity contribution in [3.8, 4) is 22.5 Å². The topological polar surface area (TPSA) is 68.0 Å². The van der Waals surface area contributed by atoms with Crippen LogP contribution in [0.2, 0.25) is 5.02 Å². The predicted octanol–water partition coefficient (Wildman–Crippen LogP) is 5.03. The molecular formula is C23H18ClN3O2. The van der Waals surface area contributed by atoms with Crippen LogP contribution >= 0.6 is 11.6 Å². The second kappa shape index (κ2) is 8.71. The van der Waals surface area contributed by atoms with Crippen LogP contribution < -0.4 is 5.32 Å². The average molecular weight is 404 g/mol. The summed E-state index contributed by atoms with van der Waals surface area (Å²) in [5.41, 5.74) is 3.31. The largest absolute Gasteiger partial charge is 0.352 e. The van der Waals surface area contributed by atoms with E-state index in [1.807, 2.05) is 66.7 Å². The van der Waals surface area contributed by atoms with E-state index in [0.717, 1.165) is 16.7 Å². The van der Waals surface area contributed by atoms with Crippen molar-refractivity contribution in [1.29, 1.82) is 0 Å². The molecule has 1 aromatic heterocycles. The molecule has 1 amide bonds. The van der Waals surface area contributed by atoms with Crippen molar-refractivity contribution >= 4 is 17.5 Å². The molecule has 0 radical (unpaired) electrons. The fraction of sp³-hybridized carbons (Fsp3) is 0.0870. The van der Waals surface area contributed by atoms with E-state index in [4.69, 9.17) is 16.1 Å². The van der Waals surface area contributed by atoms with Crippen molar-refractivity contribution in [1.82, 2.24) is 15.5 Å². The van der Waals surface area contributed by atoms with Crippen LogP contribution in [0.1, 0.15) is 16.2 Å². The number of nitrogens with zero attached hydrogens (tertiary/aromatic N) is 2. The van der Waals surface area contributed by atoms with Crippen LogP contribution in [0.5, 0.6) is 0 Å². The Hall–Kier alpha value is -3.44. The van der Waals surface area contributed by atoms with Crippen molar-refractivity contribution < 1.29 is 9.32 Å². The molecule has 1 heterocycles. The first kappa shape index (κ1) is 18.9. The molecule has 3 aromatic carbocycles. The summed E-state index contributed by atoms with van der Waals surface area (Å²) in [7, 11) is 0. The van der Waals surface area contributed by atoms with Crippen LogP contribution in [0.3, 0.4) is 0 Å². The van der Waals surface area contributed by atoms with Crippen molar-refractivity contribution in [2.75, 3.05) is 6.54 Å². The van der Waals surface area contributed by atoms with Crippen molar-refractivity contribution in [2.24, 2.45) is 0 Å². The van der Waals surface area contributed by atoms with Gasteiger partial charge in [0, 0.05) is 29.1 Å². The SMILES string of the molecule is O=C(NCCc1nc(-c2cccc(Cl)c2)no1)c1ccccc1-c1ccccc1. The molecule has 29 heavy (non-hydrogen) atoms. The number of halogens is 1. The number of rotatable bonds is 6. The Balaban J connectivity index is 1.40. The highest BCUT2D eigenvalue weighted by molar-refractivity contribution is 6.30. The van der Waals surface area contributed by atoms with Gasteiger partial charge >= 0.3 is 0 Å². The first-order chi connectivity index (χ1) is 14.2. The molecule has 0 bridgehead atoms. The minimum atomic E-state index is -0.140. The maximum Gasteiger partial charge on any atom is 0.251 e.